The third-order valence-corrected chi connectivity index (χ3v) is 8.12. The van der Waals surface area contributed by atoms with Crippen molar-refractivity contribution in [1.82, 2.24) is 0 Å². The van der Waals surface area contributed by atoms with E-state index < -0.39 is 17.9 Å². The quantitative estimate of drug-likeness (QED) is 0.105. The second kappa shape index (κ2) is 17.8. The summed E-state index contributed by atoms with van der Waals surface area (Å²) in [6.07, 6.45) is 0. The van der Waals surface area contributed by atoms with E-state index >= 15 is 0 Å². The number of nitrogens with zero attached hydrogens (tertiary/aromatic N) is 2. The average molecular weight is 709 g/mol. The molecule has 2 unspecified atom stereocenters. The number of hydrogen-bond donors (Lipinski definition) is 1. The molecule has 0 aliphatic carbocycles. The number of hydrogen-bond acceptors (Lipinski definition) is 9. The highest BCUT2D eigenvalue weighted by atomic mass is 16.5. The SMILES string of the molecule is CC(COC(=O)c1cc(C(=O)O)cc(C(=O)OCC(C)COc2ccc(-c3ccc(C#N)cc3)cc2)c1)COc1ccc(-c2ccc(C#N)cc2)cc1. The van der Waals surface area contributed by atoms with Gasteiger partial charge in [-0.25, -0.2) is 14.4 Å². The van der Waals surface area contributed by atoms with Gasteiger partial charge in [0.25, 0.3) is 0 Å². The van der Waals surface area contributed by atoms with Crippen LogP contribution in [0.2, 0.25) is 0 Å². The van der Waals surface area contributed by atoms with Crippen LogP contribution >= 0.6 is 0 Å². The number of esters is 2. The van der Waals surface area contributed by atoms with E-state index in [1.165, 1.54) is 6.07 Å². The molecule has 0 fully saturated rings. The molecular weight excluding hydrogens is 672 g/mol. The predicted molar refractivity (Wildman–Crippen MR) is 196 cm³/mol. The van der Waals surface area contributed by atoms with E-state index in [1.54, 1.807) is 24.3 Å². The minimum absolute atomic E-state index is 0.00504. The van der Waals surface area contributed by atoms with Crippen LogP contribution in [-0.2, 0) is 9.47 Å². The molecule has 0 heterocycles. The second-order valence-corrected chi connectivity index (χ2v) is 12.6. The number of nitriles is 2. The molecule has 5 rings (SSSR count). The summed E-state index contributed by atoms with van der Waals surface area (Å²) in [4.78, 5) is 37.7. The van der Waals surface area contributed by atoms with Crippen molar-refractivity contribution < 1.29 is 38.4 Å². The van der Waals surface area contributed by atoms with Crippen molar-refractivity contribution in [2.45, 2.75) is 13.8 Å². The highest BCUT2D eigenvalue weighted by molar-refractivity contribution is 6.00. The smallest absolute Gasteiger partial charge is 0.338 e. The zero-order valence-electron chi connectivity index (χ0n) is 29.2. The number of rotatable bonds is 15. The van der Waals surface area contributed by atoms with Crippen LogP contribution in [-0.4, -0.2) is 49.4 Å². The Kier molecular flexibility index (Phi) is 12.6. The van der Waals surface area contributed by atoms with Gasteiger partial charge in [0.05, 0.1) is 66.4 Å². The largest absolute Gasteiger partial charge is 0.493 e. The molecule has 266 valence electrons. The Bertz CT molecular complexity index is 1990. The number of carboxylic acids is 1. The zero-order valence-corrected chi connectivity index (χ0v) is 29.2. The summed E-state index contributed by atoms with van der Waals surface area (Å²) < 4.78 is 22.6. The molecule has 0 aliphatic heterocycles. The maximum atomic E-state index is 12.9. The molecule has 0 bridgehead atoms. The highest BCUT2D eigenvalue weighted by Crippen LogP contribution is 2.25. The number of benzene rings is 5. The minimum Gasteiger partial charge on any atom is -0.493 e. The van der Waals surface area contributed by atoms with Gasteiger partial charge in [0.15, 0.2) is 0 Å². The number of carbonyl (C=O) groups excluding carboxylic acids is 2. The van der Waals surface area contributed by atoms with E-state index in [-0.39, 0.29) is 55.0 Å². The molecule has 2 atom stereocenters. The Hall–Kier alpha value is -6.91. The zero-order chi connectivity index (χ0) is 37.7. The fourth-order valence-corrected chi connectivity index (χ4v) is 5.12. The molecule has 0 aromatic heterocycles. The van der Waals surface area contributed by atoms with Crippen LogP contribution < -0.4 is 9.47 Å². The van der Waals surface area contributed by atoms with E-state index in [2.05, 4.69) is 12.1 Å². The molecule has 0 saturated heterocycles. The molecule has 0 spiro atoms. The number of carboxylic acid groups (broad SMARTS) is 1. The molecule has 5 aromatic carbocycles. The van der Waals surface area contributed by atoms with Gasteiger partial charge in [-0.15, -0.1) is 0 Å². The van der Waals surface area contributed by atoms with Gasteiger partial charge in [-0.1, -0.05) is 62.4 Å². The highest BCUT2D eigenvalue weighted by Gasteiger charge is 2.19. The number of ether oxygens (including phenoxy) is 4. The third-order valence-electron chi connectivity index (χ3n) is 8.12. The fourth-order valence-electron chi connectivity index (χ4n) is 5.12. The van der Waals surface area contributed by atoms with Crippen LogP contribution in [0.25, 0.3) is 22.3 Å². The van der Waals surface area contributed by atoms with Gasteiger partial charge in [-0.2, -0.15) is 10.5 Å². The van der Waals surface area contributed by atoms with Crippen LogP contribution in [0.1, 0.15) is 56.0 Å². The minimum atomic E-state index is -1.31. The Morgan fingerprint density at radius 3 is 1.17 bits per heavy atom. The van der Waals surface area contributed by atoms with Crippen LogP contribution in [0, 0.1) is 34.5 Å². The molecule has 0 radical (unpaired) electrons. The summed E-state index contributed by atoms with van der Waals surface area (Å²) in [7, 11) is 0. The lowest BCUT2D eigenvalue weighted by Crippen LogP contribution is -2.20. The fraction of sp³-hybridized carbons (Fsp3) is 0.186. The lowest BCUT2D eigenvalue weighted by Gasteiger charge is -2.15. The first-order chi connectivity index (χ1) is 25.6. The van der Waals surface area contributed by atoms with Gasteiger partial charge in [0.2, 0.25) is 0 Å². The van der Waals surface area contributed by atoms with Crippen molar-refractivity contribution in [2.75, 3.05) is 26.4 Å². The van der Waals surface area contributed by atoms with Crippen LogP contribution in [0.5, 0.6) is 11.5 Å². The van der Waals surface area contributed by atoms with E-state index in [0.717, 1.165) is 34.4 Å². The van der Waals surface area contributed by atoms with Crippen molar-refractivity contribution in [3.63, 3.8) is 0 Å². The van der Waals surface area contributed by atoms with Gasteiger partial charge in [0, 0.05) is 11.8 Å². The Morgan fingerprint density at radius 1 is 0.528 bits per heavy atom. The summed E-state index contributed by atoms with van der Waals surface area (Å²) in [5.41, 5.74) is 4.62. The summed E-state index contributed by atoms with van der Waals surface area (Å²) >= 11 is 0. The first-order valence-electron chi connectivity index (χ1n) is 16.8. The second-order valence-electron chi connectivity index (χ2n) is 12.6. The van der Waals surface area contributed by atoms with Gasteiger partial charge < -0.3 is 24.1 Å². The van der Waals surface area contributed by atoms with E-state index in [9.17, 15) is 19.5 Å². The molecule has 1 N–H and O–H groups in total. The van der Waals surface area contributed by atoms with Gasteiger partial charge in [0.1, 0.15) is 11.5 Å². The molecule has 10 nitrogen and oxygen atoms in total. The third kappa shape index (κ3) is 10.5. The van der Waals surface area contributed by atoms with Crippen molar-refractivity contribution in [3.8, 4) is 45.9 Å². The monoisotopic (exact) mass is 708 g/mol. The summed E-state index contributed by atoms with van der Waals surface area (Å²) in [5.74, 6) is -2.02. The summed E-state index contributed by atoms with van der Waals surface area (Å²) in [5, 5.41) is 27.6. The average Bonchev–Trinajstić information content (AvgIpc) is 3.20. The molecule has 10 heteroatoms. The number of carbonyl (C=O) groups is 3. The van der Waals surface area contributed by atoms with Crippen molar-refractivity contribution >= 4 is 17.9 Å². The van der Waals surface area contributed by atoms with E-state index in [0.29, 0.717) is 22.6 Å². The normalized spacial score (nSPS) is 11.6. The van der Waals surface area contributed by atoms with Gasteiger partial charge in [-0.3, -0.25) is 0 Å². The van der Waals surface area contributed by atoms with Gasteiger partial charge in [-0.05, 0) is 89.0 Å². The summed E-state index contributed by atoms with van der Waals surface area (Å²) in [6.45, 7) is 4.17. The number of aromatic carboxylic acids is 1. The van der Waals surface area contributed by atoms with Gasteiger partial charge >= 0.3 is 17.9 Å². The summed E-state index contributed by atoms with van der Waals surface area (Å²) in [6, 6.07) is 37.3. The van der Waals surface area contributed by atoms with E-state index in [4.69, 9.17) is 29.5 Å². The lowest BCUT2D eigenvalue weighted by atomic mass is 10.0. The first-order valence-corrected chi connectivity index (χ1v) is 16.8. The Balaban J connectivity index is 1.08. The van der Waals surface area contributed by atoms with Crippen LogP contribution in [0.15, 0.2) is 115 Å². The molecule has 0 aliphatic rings. The molecule has 0 saturated carbocycles. The van der Waals surface area contributed by atoms with Crippen molar-refractivity contribution in [1.29, 1.82) is 10.5 Å². The molecule has 0 amide bonds. The van der Waals surface area contributed by atoms with Crippen molar-refractivity contribution in [3.05, 3.63) is 143 Å². The molecule has 53 heavy (non-hydrogen) atoms. The maximum absolute atomic E-state index is 12.9. The van der Waals surface area contributed by atoms with Crippen molar-refractivity contribution in [2.24, 2.45) is 11.8 Å². The molecule has 5 aromatic rings. The van der Waals surface area contributed by atoms with Crippen LogP contribution in [0.3, 0.4) is 0 Å². The van der Waals surface area contributed by atoms with E-state index in [1.807, 2.05) is 86.6 Å². The standard InChI is InChI=1S/C43H36N2O8/c1-28(24-50-39-15-11-34(12-16-39)32-7-3-30(22-44)4-8-32)26-52-42(48)37-19-36(41(46)47)20-38(21-37)43(49)53-27-29(2)25-51-40-17-13-35(14-18-40)33-9-5-31(23-45)6-10-33/h3-21,28-29H,24-27H2,1-2H3,(H,46,47). The van der Waals surface area contributed by atoms with Crippen LogP contribution in [0.4, 0.5) is 0 Å². The topological polar surface area (TPSA) is 156 Å². The molecular formula is C43H36N2O8. The predicted octanol–water partition coefficient (Wildman–Crippen LogP) is 8.21. The maximum Gasteiger partial charge on any atom is 0.338 e. The Labute approximate surface area is 307 Å². The lowest BCUT2D eigenvalue weighted by molar-refractivity contribution is 0.0413. The first kappa shape index (κ1) is 37.3. The Morgan fingerprint density at radius 2 is 0.849 bits per heavy atom.